The Morgan fingerprint density at radius 2 is 1.08 bits per heavy atom. The van der Waals surface area contributed by atoms with Gasteiger partial charge >= 0.3 is 17.9 Å². The van der Waals surface area contributed by atoms with Crippen molar-refractivity contribution in [2.45, 2.75) is 32.3 Å². The molecule has 0 aliphatic carbocycles. The number of aliphatic hydroxyl groups is 1. The molecule has 0 bridgehead atoms. The van der Waals surface area contributed by atoms with Gasteiger partial charge in [0, 0.05) is 23.3 Å². The molecule has 0 aliphatic heterocycles. The average Bonchev–Trinajstić information content (AvgIpc) is 3.07. The number of rotatable bonds is 18. The molecule has 0 heterocycles. The number of esters is 2. The van der Waals surface area contributed by atoms with E-state index < -0.39 is 24.0 Å². The Balaban J connectivity index is 1.32. The molecule has 10 heteroatoms. The standard InChI is InChI=1S/C38H40O10/c1-2-44-20-21-45-22-23-46-24-25-48-38(43)28-35(39)27-37(42)47-19-3-4-29-11-15-33(16-12-29)34-17-13-31(14-18-34)6-5-30-7-9-32(10-8-30)26-36(40)41/h7-18,35,39H,2,19-28H2,1H3,(H,40,41). The van der Waals surface area contributed by atoms with Gasteiger partial charge in [-0.1, -0.05) is 60.1 Å². The highest BCUT2D eigenvalue weighted by molar-refractivity contribution is 5.74. The second-order valence-corrected chi connectivity index (χ2v) is 10.3. The first kappa shape index (κ1) is 37.5. The Morgan fingerprint density at radius 1 is 0.625 bits per heavy atom. The van der Waals surface area contributed by atoms with Crippen molar-refractivity contribution in [1.82, 2.24) is 0 Å². The summed E-state index contributed by atoms with van der Waals surface area (Å²) in [5, 5.41) is 18.9. The summed E-state index contributed by atoms with van der Waals surface area (Å²) in [6, 6.07) is 22.6. The highest BCUT2D eigenvalue weighted by Crippen LogP contribution is 2.20. The van der Waals surface area contributed by atoms with Crippen LogP contribution in [0.4, 0.5) is 0 Å². The molecule has 2 N–H and O–H groups in total. The first-order chi connectivity index (χ1) is 23.3. The summed E-state index contributed by atoms with van der Waals surface area (Å²) in [6.07, 6.45) is -1.93. The zero-order valence-corrected chi connectivity index (χ0v) is 26.9. The van der Waals surface area contributed by atoms with Crippen LogP contribution in [0.25, 0.3) is 11.1 Å². The van der Waals surface area contributed by atoms with Crippen LogP contribution in [0.1, 0.15) is 42.0 Å². The summed E-state index contributed by atoms with van der Waals surface area (Å²) in [5.41, 5.74) is 5.14. The van der Waals surface area contributed by atoms with Crippen molar-refractivity contribution in [1.29, 1.82) is 0 Å². The second kappa shape index (κ2) is 21.8. The number of aliphatic hydroxyl groups excluding tert-OH is 1. The molecule has 0 aliphatic rings. The highest BCUT2D eigenvalue weighted by Gasteiger charge is 2.16. The van der Waals surface area contributed by atoms with Crippen LogP contribution in [-0.4, -0.2) is 87.1 Å². The molecule has 48 heavy (non-hydrogen) atoms. The lowest BCUT2D eigenvalue weighted by molar-refractivity contribution is -0.150. The molecule has 1 unspecified atom stereocenters. The monoisotopic (exact) mass is 656 g/mol. The molecule has 0 saturated heterocycles. The van der Waals surface area contributed by atoms with Gasteiger partial charge in [0.25, 0.3) is 0 Å². The molecule has 0 amide bonds. The fourth-order valence-electron chi connectivity index (χ4n) is 4.15. The number of benzene rings is 3. The van der Waals surface area contributed by atoms with E-state index in [-0.39, 0.29) is 39.1 Å². The zero-order chi connectivity index (χ0) is 34.4. The quantitative estimate of drug-likeness (QED) is 0.117. The van der Waals surface area contributed by atoms with Crippen LogP contribution in [0.3, 0.4) is 0 Å². The largest absolute Gasteiger partial charge is 0.481 e. The molecule has 0 radical (unpaired) electrons. The van der Waals surface area contributed by atoms with Crippen molar-refractivity contribution < 1.29 is 48.3 Å². The van der Waals surface area contributed by atoms with Crippen molar-refractivity contribution in [3.05, 3.63) is 95.1 Å². The van der Waals surface area contributed by atoms with Gasteiger partial charge in [0.2, 0.25) is 0 Å². The smallest absolute Gasteiger partial charge is 0.309 e. The summed E-state index contributed by atoms with van der Waals surface area (Å²) >= 11 is 0. The van der Waals surface area contributed by atoms with E-state index in [4.69, 9.17) is 28.8 Å². The Labute approximate surface area is 280 Å². The predicted octanol–water partition coefficient (Wildman–Crippen LogP) is 4.03. The van der Waals surface area contributed by atoms with Gasteiger partial charge in [-0.3, -0.25) is 14.4 Å². The molecule has 0 fully saturated rings. The summed E-state index contributed by atoms with van der Waals surface area (Å²) in [6.45, 7) is 4.41. The second-order valence-electron chi connectivity index (χ2n) is 10.3. The highest BCUT2D eigenvalue weighted by atomic mass is 16.6. The Morgan fingerprint density at radius 3 is 1.60 bits per heavy atom. The third-order valence-corrected chi connectivity index (χ3v) is 6.55. The van der Waals surface area contributed by atoms with E-state index >= 15 is 0 Å². The van der Waals surface area contributed by atoms with E-state index in [1.54, 1.807) is 12.1 Å². The van der Waals surface area contributed by atoms with Crippen molar-refractivity contribution in [3.8, 4) is 34.8 Å². The fourth-order valence-corrected chi connectivity index (χ4v) is 4.15. The van der Waals surface area contributed by atoms with E-state index in [0.717, 1.165) is 33.4 Å². The third kappa shape index (κ3) is 15.5. The molecular weight excluding hydrogens is 616 g/mol. The summed E-state index contributed by atoms with van der Waals surface area (Å²) < 4.78 is 25.8. The Bertz CT molecular complexity index is 1560. The van der Waals surface area contributed by atoms with Crippen molar-refractivity contribution in [3.63, 3.8) is 0 Å². The van der Waals surface area contributed by atoms with Gasteiger partial charge in [0.15, 0.2) is 6.61 Å². The predicted molar refractivity (Wildman–Crippen MR) is 178 cm³/mol. The number of hydrogen-bond donors (Lipinski definition) is 2. The number of carbonyl (C=O) groups is 3. The SMILES string of the molecule is CCOCCOCCOCCOC(=O)CC(O)CC(=O)OCC#Cc1ccc(-c2ccc(C#Cc3ccc(CC(=O)O)cc3)cc2)cc1. The van der Waals surface area contributed by atoms with Crippen LogP contribution in [0, 0.1) is 23.7 Å². The number of hydrogen-bond acceptors (Lipinski definition) is 9. The zero-order valence-electron chi connectivity index (χ0n) is 26.9. The van der Waals surface area contributed by atoms with Crippen LogP contribution in [-0.2, 0) is 44.5 Å². The van der Waals surface area contributed by atoms with E-state index in [9.17, 15) is 19.5 Å². The maximum atomic E-state index is 12.0. The number of aliphatic carboxylic acids is 1. The van der Waals surface area contributed by atoms with Gasteiger partial charge in [0.1, 0.15) is 6.61 Å². The molecule has 3 aromatic rings. The summed E-state index contributed by atoms with van der Waals surface area (Å²) in [4.78, 5) is 34.7. The van der Waals surface area contributed by atoms with Crippen LogP contribution >= 0.6 is 0 Å². The van der Waals surface area contributed by atoms with Gasteiger partial charge < -0.3 is 33.9 Å². The fraction of sp³-hybridized carbons (Fsp3) is 0.342. The minimum absolute atomic E-state index is 0.0151. The van der Waals surface area contributed by atoms with Gasteiger partial charge in [-0.15, -0.1) is 0 Å². The van der Waals surface area contributed by atoms with Gasteiger partial charge in [-0.2, -0.15) is 0 Å². The van der Waals surface area contributed by atoms with Crippen LogP contribution in [0.5, 0.6) is 0 Å². The molecule has 0 aromatic heterocycles. The van der Waals surface area contributed by atoms with Gasteiger partial charge in [-0.05, 0) is 60.0 Å². The van der Waals surface area contributed by atoms with E-state index in [0.29, 0.717) is 33.0 Å². The third-order valence-electron chi connectivity index (χ3n) is 6.55. The average molecular weight is 657 g/mol. The number of carboxylic acid groups (broad SMARTS) is 1. The molecule has 10 nitrogen and oxygen atoms in total. The van der Waals surface area contributed by atoms with Crippen molar-refractivity contribution in [2.75, 3.05) is 52.9 Å². The van der Waals surface area contributed by atoms with Gasteiger partial charge in [-0.25, -0.2) is 0 Å². The molecule has 0 saturated carbocycles. The first-order valence-corrected chi connectivity index (χ1v) is 15.6. The molecule has 252 valence electrons. The maximum absolute atomic E-state index is 12.0. The lowest BCUT2D eigenvalue weighted by Crippen LogP contribution is -2.21. The molecule has 3 rings (SSSR count). The Kier molecular flexibility index (Phi) is 17.0. The lowest BCUT2D eigenvalue weighted by atomic mass is 10.0. The van der Waals surface area contributed by atoms with Crippen molar-refractivity contribution >= 4 is 17.9 Å². The van der Waals surface area contributed by atoms with Crippen LogP contribution in [0.15, 0.2) is 72.8 Å². The van der Waals surface area contributed by atoms with Crippen molar-refractivity contribution in [2.24, 2.45) is 0 Å². The molecule has 3 aromatic carbocycles. The first-order valence-electron chi connectivity index (χ1n) is 15.6. The minimum atomic E-state index is -1.23. The maximum Gasteiger partial charge on any atom is 0.309 e. The Hall–Kier alpha value is -4.97. The molecular formula is C38H40O10. The van der Waals surface area contributed by atoms with E-state index in [1.807, 2.05) is 67.6 Å². The number of carbonyl (C=O) groups excluding carboxylic acids is 2. The van der Waals surface area contributed by atoms with Gasteiger partial charge in [0.05, 0.1) is 58.4 Å². The van der Waals surface area contributed by atoms with E-state index in [2.05, 4.69) is 23.7 Å². The number of carboxylic acids is 1. The summed E-state index contributed by atoms with van der Waals surface area (Å²) in [5.74, 6) is 9.74. The minimum Gasteiger partial charge on any atom is -0.481 e. The number of ether oxygens (including phenoxy) is 5. The topological polar surface area (TPSA) is 138 Å². The normalized spacial score (nSPS) is 11.0. The van der Waals surface area contributed by atoms with E-state index in [1.165, 1.54) is 0 Å². The molecule has 0 spiro atoms. The molecule has 1 atom stereocenters. The summed E-state index contributed by atoms with van der Waals surface area (Å²) in [7, 11) is 0. The lowest BCUT2D eigenvalue weighted by Gasteiger charge is -2.10. The van der Waals surface area contributed by atoms with Crippen LogP contribution in [0.2, 0.25) is 0 Å². The van der Waals surface area contributed by atoms with Crippen LogP contribution < -0.4 is 0 Å².